The van der Waals surface area contributed by atoms with E-state index in [4.69, 9.17) is 4.98 Å². The van der Waals surface area contributed by atoms with Crippen molar-refractivity contribution in [2.75, 3.05) is 6.26 Å². The Labute approximate surface area is 132 Å². The van der Waals surface area contributed by atoms with Crippen LogP contribution in [0.2, 0.25) is 0 Å². The number of aromatic nitrogens is 3. The van der Waals surface area contributed by atoms with Gasteiger partial charge in [-0.05, 0) is 54.7 Å². The van der Waals surface area contributed by atoms with Crippen molar-refractivity contribution >= 4 is 22.2 Å². The molecule has 1 aromatic carbocycles. The first-order chi connectivity index (χ1) is 10.6. The van der Waals surface area contributed by atoms with Crippen LogP contribution in [-0.4, -0.2) is 25.3 Å². The number of hydrogen-bond acceptors (Lipinski definition) is 3. The molecular weight excluding hydrogens is 294 g/mol. The summed E-state index contributed by atoms with van der Waals surface area (Å²) in [4.78, 5) is 9.72. The summed E-state index contributed by atoms with van der Waals surface area (Å²) in [6.07, 6.45) is 7.49. The largest absolute Gasteiger partial charge is 0.612 e. The van der Waals surface area contributed by atoms with E-state index in [0.29, 0.717) is 6.04 Å². The SMILES string of the molecule is Cc1ccc2c(c1)nc(-c1ccncc1[S+](C)[O-])n2C1CC1. The molecule has 4 nitrogen and oxygen atoms in total. The third-order valence-electron chi connectivity index (χ3n) is 4.09. The van der Waals surface area contributed by atoms with Crippen molar-refractivity contribution in [3.63, 3.8) is 0 Å². The zero-order valence-electron chi connectivity index (χ0n) is 12.6. The maximum atomic E-state index is 12.0. The van der Waals surface area contributed by atoms with E-state index in [0.717, 1.165) is 27.3 Å². The van der Waals surface area contributed by atoms with Crippen LogP contribution in [-0.2, 0) is 11.2 Å². The molecule has 1 aliphatic rings. The minimum atomic E-state index is -1.08. The van der Waals surface area contributed by atoms with Crippen molar-refractivity contribution < 1.29 is 4.55 Å². The Kier molecular flexibility index (Phi) is 3.20. The summed E-state index contributed by atoms with van der Waals surface area (Å²) in [5.74, 6) is 0.913. The van der Waals surface area contributed by atoms with Crippen LogP contribution < -0.4 is 0 Å². The van der Waals surface area contributed by atoms with Gasteiger partial charge in [-0.25, -0.2) is 4.98 Å². The minimum Gasteiger partial charge on any atom is -0.612 e. The molecule has 0 amide bonds. The van der Waals surface area contributed by atoms with Crippen molar-refractivity contribution in [3.05, 3.63) is 42.2 Å². The van der Waals surface area contributed by atoms with E-state index < -0.39 is 11.2 Å². The van der Waals surface area contributed by atoms with E-state index in [1.807, 2.05) is 6.07 Å². The monoisotopic (exact) mass is 311 g/mol. The highest BCUT2D eigenvalue weighted by Gasteiger charge is 2.30. The van der Waals surface area contributed by atoms with Crippen LogP contribution in [0.15, 0.2) is 41.6 Å². The second kappa shape index (κ2) is 5.11. The van der Waals surface area contributed by atoms with Gasteiger partial charge in [0.25, 0.3) is 0 Å². The molecule has 0 spiro atoms. The van der Waals surface area contributed by atoms with E-state index in [1.165, 1.54) is 18.4 Å². The number of nitrogens with zero attached hydrogens (tertiary/aromatic N) is 3. The van der Waals surface area contributed by atoms with Gasteiger partial charge in [0, 0.05) is 12.2 Å². The molecule has 22 heavy (non-hydrogen) atoms. The van der Waals surface area contributed by atoms with Crippen molar-refractivity contribution in [1.29, 1.82) is 0 Å². The molecule has 1 unspecified atom stereocenters. The molecule has 1 atom stereocenters. The Morgan fingerprint density at radius 1 is 1.27 bits per heavy atom. The zero-order chi connectivity index (χ0) is 15.3. The second-order valence-electron chi connectivity index (χ2n) is 5.85. The molecule has 1 aliphatic carbocycles. The average Bonchev–Trinajstić information content (AvgIpc) is 3.27. The van der Waals surface area contributed by atoms with Crippen LogP contribution in [0, 0.1) is 6.92 Å². The number of pyridine rings is 1. The molecule has 5 heteroatoms. The van der Waals surface area contributed by atoms with Crippen molar-refractivity contribution in [2.24, 2.45) is 0 Å². The summed E-state index contributed by atoms with van der Waals surface area (Å²) in [5.41, 5.74) is 4.30. The predicted octanol–water partition coefficient (Wildman–Crippen LogP) is 3.48. The number of hydrogen-bond donors (Lipinski definition) is 0. The molecule has 112 valence electrons. The van der Waals surface area contributed by atoms with Crippen molar-refractivity contribution in [2.45, 2.75) is 30.7 Å². The van der Waals surface area contributed by atoms with Crippen LogP contribution in [0.5, 0.6) is 0 Å². The van der Waals surface area contributed by atoms with Gasteiger partial charge in [0.15, 0.2) is 4.90 Å². The van der Waals surface area contributed by atoms with E-state index >= 15 is 0 Å². The fourth-order valence-electron chi connectivity index (χ4n) is 2.89. The van der Waals surface area contributed by atoms with Crippen molar-refractivity contribution in [3.8, 4) is 11.4 Å². The van der Waals surface area contributed by atoms with Crippen LogP contribution in [0.1, 0.15) is 24.4 Å². The first-order valence-corrected chi connectivity index (χ1v) is 8.97. The highest BCUT2D eigenvalue weighted by molar-refractivity contribution is 7.90. The standard InChI is InChI=1S/C17H17N3OS/c1-11-3-6-15-14(9-11)19-17(20(15)12-4-5-12)13-7-8-18-10-16(13)22(2)21/h3,6-10,12H,4-5H2,1-2H3. The second-order valence-corrected chi connectivity index (χ2v) is 7.20. The maximum absolute atomic E-state index is 12.0. The number of imidazole rings is 1. The Bertz CT molecular complexity index is 852. The number of rotatable bonds is 3. The Balaban J connectivity index is 2.01. The molecule has 0 radical (unpaired) electrons. The van der Waals surface area contributed by atoms with Gasteiger partial charge in [-0.2, -0.15) is 0 Å². The molecular formula is C17H17N3OS. The fourth-order valence-corrected chi connectivity index (χ4v) is 3.57. The van der Waals surface area contributed by atoms with Crippen LogP contribution in [0.4, 0.5) is 0 Å². The summed E-state index contributed by atoms with van der Waals surface area (Å²) in [7, 11) is 0. The number of fused-ring (bicyclic) bond motifs is 1. The molecule has 2 heterocycles. The quantitative estimate of drug-likeness (QED) is 0.696. The first-order valence-electron chi connectivity index (χ1n) is 7.41. The number of benzene rings is 1. The lowest BCUT2D eigenvalue weighted by Crippen LogP contribution is -2.04. The van der Waals surface area contributed by atoms with E-state index in [-0.39, 0.29) is 0 Å². The third-order valence-corrected chi connectivity index (χ3v) is 5.04. The van der Waals surface area contributed by atoms with Crippen LogP contribution >= 0.6 is 0 Å². The van der Waals surface area contributed by atoms with Gasteiger partial charge in [0.1, 0.15) is 12.1 Å². The molecule has 3 aromatic rings. The first kappa shape index (κ1) is 13.8. The highest BCUT2D eigenvalue weighted by atomic mass is 32.2. The molecule has 0 saturated heterocycles. The van der Waals surface area contributed by atoms with Gasteiger partial charge >= 0.3 is 0 Å². The molecule has 1 fully saturated rings. The van der Waals surface area contributed by atoms with Gasteiger partial charge < -0.3 is 9.12 Å². The molecule has 4 rings (SSSR count). The smallest absolute Gasteiger partial charge is 0.181 e. The molecule has 0 bridgehead atoms. The Morgan fingerprint density at radius 2 is 2.09 bits per heavy atom. The van der Waals surface area contributed by atoms with E-state index in [2.05, 4.69) is 34.7 Å². The molecule has 0 N–H and O–H groups in total. The van der Waals surface area contributed by atoms with Gasteiger partial charge in [0.2, 0.25) is 0 Å². The molecule has 1 saturated carbocycles. The summed E-state index contributed by atoms with van der Waals surface area (Å²) in [6.45, 7) is 2.08. The molecule has 2 aromatic heterocycles. The minimum absolute atomic E-state index is 0.508. The third kappa shape index (κ3) is 2.21. The van der Waals surface area contributed by atoms with Gasteiger partial charge in [0.05, 0.1) is 22.8 Å². The Morgan fingerprint density at radius 3 is 2.82 bits per heavy atom. The van der Waals surface area contributed by atoms with Gasteiger partial charge in [-0.3, -0.25) is 4.98 Å². The van der Waals surface area contributed by atoms with Gasteiger partial charge in [-0.15, -0.1) is 0 Å². The van der Waals surface area contributed by atoms with E-state index in [1.54, 1.807) is 18.6 Å². The molecule has 0 aliphatic heterocycles. The lowest BCUT2D eigenvalue weighted by atomic mass is 10.2. The summed E-state index contributed by atoms with van der Waals surface area (Å²) >= 11 is -1.08. The lowest BCUT2D eigenvalue weighted by molar-refractivity contribution is 0.600. The van der Waals surface area contributed by atoms with Crippen LogP contribution in [0.25, 0.3) is 22.4 Å². The lowest BCUT2D eigenvalue weighted by Gasteiger charge is -2.11. The van der Waals surface area contributed by atoms with Crippen molar-refractivity contribution in [1.82, 2.24) is 14.5 Å². The zero-order valence-corrected chi connectivity index (χ0v) is 13.4. The normalized spacial score (nSPS) is 16.1. The average molecular weight is 311 g/mol. The highest BCUT2D eigenvalue weighted by Crippen LogP contribution is 2.42. The summed E-state index contributed by atoms with van der Waals surface area (Å²) in [6, 6.07) is 8.81. The predicted molar refractivity (Wildman–Crippen MR) is 88.3 cm³/mol. The summed E-state index contributed by atoms with van der Waals surface area (Å²) in [5, 5.41) is 0. The van der Waals surface area contributed by atoms with E-state index in [9.17, 15) is 4.55 Å². The topological polar surface area (TPSA) is 53.8 Å². The maximum Gasteiger partial charge on any atom is 0.181 e. The summed E-state index contributed by atoms with van der Waals surface area (Å²) < 4.78 is 14.3. The van der Waals surface area contributed by atoms with Gasteiger partial charge in [-0.1, -0.05) is 6.07 Å². The number of aryl methyl sites for hydroxylation is 1. The van der Waals surface area contributed by atoms with Crippen LogP contribution in [0.3, 0.4) is 0 Å². The Hall–Kier alpha value is -1.85. The fraction of sp³-hybridized carbons (Fsp3) is 0.294.